The number of rotatable bonds is 18. The normalized spacial score (nSPS) is 14.9. The molecule has 14 N–H and O–H groups in total. The molecule has 5 atom stereocenters. The lowest BCUT2D eigenvalue weighted by Gasteiger charge is -2.26. The fourth-order valence-electron chi connectivity index (χ4n) is 2.98. The van der Waals surface area contributed by atoms with Crippen LogP contribution in [-0.2, 0) is 24.0 Å². The lowest BCUT2D eigenvalue weighted by molar-refractivity contribution is -0.144. The quantitative estimate of drug-likeness (QED) is 0.0470. The first-order valence-corrected chi connectivity index (χ1v) is 11.3. The van der Waals surface area contributed by atoms with Gasteiger partial charge in [0.2, 0.25) is 17.7 Å². The van der Waals surface area contributed by atoms with Crippen LogP contribution in [0.3, 0.4) is 0 Å². The van der Waals surface area contributed by atoms with Crippen LogP contribution in [0.2, 0.25) is 0 Å². The van der Waals surface area contributed by atoms with Crippen LogP contribution in [0.25, 0.3) is 0 Å². The minimum atomic E-state index is -1.68. The number of carboxylic acids is 2. The van der Waals surface area contributed by atoms with Crippen molar-refractivity contribution in [2.45, 2.75) is 75.7 Å². The molecule has 0 radical (unpaired) electrons. The summed E-state index contributed by atoms with van der Waals surface area (Å²) in [5.41, 5.74) is 21.6. The van der Waals surface area contributed by atoms with Crippen molar-refractivity contribution in [2.24, 2.45) is 27.9 Å². The molecule has 0 aromatic rings. The van der Waals surface area contributed by atoms with E-state index in [1.54, 1.807) is 0 Å². The number of hydrogen-bond acceptors (Lipinski definition) is 9. The molecule has 5 unspecified atom stereocenters. The average molecular weight is 519 g/mol. The van der Waals surface area contributed by atoms with Gasteiger partial charge in [-0.15, -0.1) is 0 Å². The van der Waals surface area contributed by atoms with E-state index in [4.69, 9.17) is 28.0 Å². The van der Waals surface area contributed by atoms with Crippen molar-refractivity contribution in [3.05, 3.63) is 0 Å². The predicted molar refractivity (Wildman–Crippen MR) is 128 cm³/mol. The van der Waals surface area contributed by atoms with Gasteiger partial charge in [-0.25, -0.2) is 4.79 Å². The molecule has 0 fully saturated rings. The van der Waals surface area contributed by atoms with Crippen LogP contribution in [0.5, 0.6) is 0 Å². The van der Waals surface area contributed by atoms with Crippen LogP contribution in [-0.4, -0.2) is 94.3 Å². The molecule has 0 aromatic heterocycles. The van der Waals surface area contributed by atoms with Crippen LogP contribution in [0, 0.1) is 0 Å². The Morgan fingerprint density at radius 1 is 0.861 bits per heavy atom. The van der Waals surface area contributed by atoms with E-state index in [1.807, 2.05) is 0 Å². The first-order chi connectivity index (χ1) is 16.8. The van der Waals surface area contributed by atoms with Crippen LogP contribution in [0.1, 0.15) is 45.4 Å². The first-order valence-electron chi connectivity index (χ1n) is 11.3. The van der Waals surface area contributed by atoms with Gasteiger partial charge >= 0.3 is 11.9 Å². The van der Waals surface area contributed by atoms with Crippen molar-refractivity contribution in [3.63, 3.8) is 0 Å². The van der Waals surface area contributed by atoms with E-state index in [1.165, 1.54) is 6.92 Å². The van der Waals surface area contributed by atoms with Gasteiger partial charge in [-0.1, -0.05) is 0 Å². The lowest BCUT2D eigenvalue weighted by atomic mass is 10.1. The molecule has 0 aliphatic carbocycles. The second-order valence-corrected chi connectivity index (χ2v) is 8.13. The summed E-state index contributed by atoms with van der Waals surface area (Å²) in [5.74, 6) is -5.83. The third kappa shape index (κ3) is 13.4. The lowest BCUT2D eigenvalue weighted by Crippen LogP contribution is -2.60. The molecule has 0 spiro atoms. The molecule has 16 nitrogen and oxygen atoms in total. The number of hydrogen-bond donors (Lipinski definition) is 10. The SMILES string of the molecule is CC(O)C(NC(=O)C(N)CCCN=C(N)N)C(=O)NC(CC(=O)O)C(=O)NC(CCCCN)C(=O)O. The Morgan fingerprint density at radius 3 is 1.97 bits per heavy atom. The molecular weight excluding hydrogens is 480 g/mol. The highest BCUT2D eigenvalue weighted by atomic mass is 16.4. The van der Waals surface area contributed by atoms with Crippen molar-refractivity contribution in [3.8, 4) is 0 Å². The number of unbranched alkanes of at least 4 members (excludes halogenated alkanes) is 1. The molecule has 0 rings (SSSR count). The summed E-state index contributed by atoms with van der Waals surface area (Å²) in [6.45, 7) is 1.74. The van der Waals surface area contributed by atoms with E-state index in [-0.39, 0.29) is 25.3 Å². The number of guanidine groups is 1. The minimum Gasteiger partial charge on any atom is -0.481 e. The second-order valence-electron chi connectivity index (χ2n) is 8.13. The van der Waals surface area contributed by atoms with Gasteiger partial charge in [-0.05, 0) is 45.6 Å². The molecule has 0 aliphatic heterocycles. The van der Waals surface area contributed by atoms with Crippen LogP contribution < -0.4 is 38.9 Å². The molecule has 0 aromatic carbocycles. The standard InChI is InChI=1S/C20H38N8O8/c1-10(29)15(28-16(32)11(22)5-4-8-25-20(23)24)18(34)27-13(9-14(30)31)17(33)26-12(19(35)36)6-2-3-7-21/h10-13,15,29H,2-9,21-22H2,1H3,(H,26,33)(H,27,34)(H,28,32)(H,30,31)(H,35,36)(H4,23,24,25). The Labute approximate surface area is 208 Å². The van der Waals surface area contributed by atoms with Crippen LogP contribution in [0.4, 0.5) is 0 Å². The molecule has 0 aliphatic rings. The smallest absolute Gasteiger partial charge is 0.326 e. The maximum Gasteiger partial charge on any atom is 0.326 e. The maximum absolute atomic E-state index is 12.7. The van der Waals surface area contributed by atoms with Gasteiger partial charge in [-0.2, -0.15) is 0 Å². The first kappa shape index (κ1) is 32.5. The Hall–Kier alpha value is -3.50. The Kier molecular flexibility index (Phi) is 15.4. The van der Waals surface area contributed by atoms with E-state index in [0.717, 1.165) is 0 Å². The minimum absolute atomic E-state index is 0.0411. The van der Waals surface area contributed by atoms with Crippen LogP contribution >= 0.6 is 0 Å². The molecule has 3 amide bonds. The number of aliphatic carboxylic acids is 2. The average Bonchev–Trinajstić information content (AvgIpc) is 2.77. The molecule has 206 valence electrons. The molecule has 36 heavy (non-hydrogen) atoms. The molecule has 0 heterocycles. The van der Waals surface area contributed by atoms with E-state index < -0.39 is 66.4 Å². The number of aliphatic imine (C=N–C) groups is 1. The summed E-state index contributed by atoms with van der Waals surface area (Å²) in [6.07, 6.45) is -0.861. The zero-order valence-electron chi connectivity index (χ0n) is 20.2. The third-order valence-electron chi connectivity index (χ3n) is 4.94. The van der Waals surface area contributed by atoms with Crippen molar-refractivity contribution in [1.29, 1.82) is 0 Å². The van der Waals surface area contributed by atoms with E-state index in [9.17, 15) is 34.2 Å². The number of aliphatic hydroxyl groups excluding tert-OH is 1. The van der Waals surface area contributed by atoms with E-state index in [2.05, 4.69) is 20.9 Å². The van der Waals surface area contributed by atoms with Gasteiger partial charge in [0.05, 0.1) is 18.6 Å². The summed E-state index contributed by atoms with van der Waals surface area (Å²) < 4.78 is 0. The molecular formula is C20H38N8O8. The number of carbonyl (C=O) groups excluding carboxylic acids is 3. The highest BCUT2D eigenvalue weighted by Crippen LogP contribution is 2.05. The van der Waals surface area contributed by atoms with Crippen molar-refractivity contribution < 1.29 is 39.3 Å². The van der Waals surface area contributed by atoms with Gasteiger partial charge in [0, 0.05) is 6.54 Å². The summed E-state index contributed by atoms with van der Waals surface area (Å²) in [4.78, 5) is 64.1. The number of nitrogens with two attached hydrogens (primary N) is 4. The molecule has 0 bridgehead atoms. The highest BCUT2D eigenvalue weighted by molar-refractivity contribution is 5.95. The monoisotopic (exact) mass is 518 g/mol. The summed E-state index contributed by atoms with van der Waals surface area (Å²) >= 11 is 0. The fourth-order valence-corrected chi connectivity index (χ4v) is 2.98. The van der Waals surface area contributed by atoms with E-state index >= 15 is 0 Å². The van der Waals surface area contributed by atoms with Gasteiger partial charge in [0.15, 0.2) is 5.96 Å². The van der Waals surface area contributed by atoms with Crippen molar-refractivity contribution in [1.82, 2.24) is 16.0 Å². The summed E-state index contributed by atoms with van der Waals surface area (Å²) in [5, 5.41) is 35.1. The van der Waals surface area contributed by atoms with Gasteiger partial charge in [0.1, 0.15) is 18.1 Å². The zero-order valence-corrected chi connectivity index (χ0v) is 20.2. The summed E-state index contributed by atoms with van der Waals surface area (Å²) in [7, 11) is 0. The van der Waals surface area contributed by atoms with Gasteiger partial charge < -0.3 is 54.2 Å². The predicted octanol–water partition coefficient (Wildman–Crippen LogP) is -4.11. The summed E-state index contributed by atoms with van der Waals surface area (Å²) in [6, 6.07) is -5.67. The third-order valence-corrected chi connectivity index (χ3v) is 4.94. The molecule has 0 saturated carbocycles. The Balaban J connectivity index is 5.30. The van der Waals surface area contributed by atoms with Crippen LogP contribution in [0.15, 0.2) is 4.99 Å². The van der Waals surface area contributed by atoms with E-state index in [0.29, 0.717) is 25.8 Å². The second kappa shape index (κ2) is 17.0. The fraction of sp³-hybridized carbons (Fsp3) is 0.700. The number of nitrogens with zero attached hydrogens (tertiary/aromatic N) is 1. The Morgan fingerprint density at radius 2 is 1.47 bits per heavy atom. The topological polar surface area (TPSA) is 299 Å². The maximum atomic E-state index is 12.7. The number of amides is 3. The highest BCUT2D eigenvalue weighted by Gasteiger charge is 2.33. The number of aliphatic hydroxyl groups is 1. The molecule has 0 saturated heterocycles. The number of nitrogens with one attached hydrogen (secondary N) is 3. The van der Waals surface area contributed by atoms with Crippen molar-refractivity contribution in [2.75, 3.05) is 13.1 Å². The van der Waals surface area contributed by atoms with Crippen molar-refractivity contribution >= 4 is 35.6 Å². The van der Waals surface area contributed by atoms with Gasteiger partial charge in [0.25, 0.3) is 0 Å². The van der Waals surface area contributed by atoms with Gasteiger partial charge in [-0.3, -0.25) is 24.2 Å². The number of carboxylic acid groups (broad SMARTS) is 2. The number of carbonyl (C=O) groups is 5. The zero-order chi connectivity index (χ0) is 27.8. The molecule has 16 heteroatoms. The largest absolute Gasteiger partial charge is 0.481 e. The Bertz CT molecular complexity index is 788.